The molecule has 1 aliphatic rings. The first-order valence-corrected chi connectivity index (χ1v) is 6.91. The second-order valence-corrected chi connectivity index (χ2v) is 5.53. The number of ether oxygens (including phenoxy) is 1. The Balaban J connectivity index is 2.10. The molecule has 4 heteroatoms. The van der Waals surface area contributed by atoms with Gasteiger partial charge in [-0.25, -0.2) is 4.39 Å². The van der Waals surface area contributed by atoms with Crippen molar-refractivity contribution >= 4 is 11.8 Å². The molecule has 0 atom stereocenters. The maximum absolute atomic E-state index is 13.7. The van der Waals surface area contributed by atoms with E-state index < -0.39 is 0 Å². The van der Waals surface area contributed by atoms with Crippen molar-refractivity contribution in [2.45, 2.75) is 29.4 Å². The maximum Gasteiger partial charge on any atom is 0.127 e. The molecule has 1 heterocycles. The Bertz CT molecular complexity index is 366. The molecule has 0 spiro atoms. The molecular formula is C13H18FNOS. The summed E-state index contributed by atoms with van der Waals surface area (Å²) in [6, 6.07) is 5.28. The Morgan fingerprint density at radius 1 is 1.35 bits per heavy atom. The second-order valence-electron chi connectivity index (χ2n) is 4.18. The van der Waals surface area contributed by atoms with E-state index in [1.807, 2.05) is 6.07 Å². The van der Waals surface area contributed by atoms with Gasteiger partial charge in [0.2, 0.25) is 0 Å². The Labute approximate surface area is 106 Å². The molecule has 1 fully saturated rings. The fourth-order valence-electron chi connectivity index (χ4n) is 2.01. The van der Waals surface area contributed by atoms with E-state index in [1.54, 1.807) is 17.8 Å². The minimum atomic E-state index is -0.132. The number of nitrogens with two attached hydrogens (primary N) is 1. The van der Waals surface area contributed by atoms with Gasteiger partial charge in [-0.15, -0.1) is 11.8 Å². The van der Waals surface area contributed by atoms with E-state index in [9.17, 15) is 4.39 Å². The first kappa shape index (κ1) is 12.9. The lowest BCUT2D eigenvalue weighted by Crippen LogP contribution is -2.17. The molecule has 2 nitrogen and oxygen atoms in total. The zero-order valence-electron chi connectivity index (χ0n) is 9.82. The third kappa shape index (κ3) is 3.44. The Morgan fingerprint density at radius 3 is 2.82 bits per heavy atom. The topological polar surface area (TPSA) is 35.2 Å². The summed E-state index contributed by atoms with van der Waals surface area (Å²) < 4.78 is 19.0. The van der Waals surface area contributed by atoms with Crippen LogP contribution >= 0.6 is 11.8 Å². The number of hydrogen-bond donors (Lipinski definition) is 1. The molecule has 1 saturated heterocycles. The van der Waals surface area contributed by atoms with Gasteiger partial charge in [-0.1, -0.05) is 6.07 Å². The summed E-state index contributed by atoms with van der Waals surface area (Å²) in [6.07, 6.45) is 2.70. The number of hydrogen-bond acceptors (Lipinski definition) is 3. The summed E-state index contributed by atoms with van der Waals surface area (Å²) in [7, 11) is 0. The fraction of sp³-hybridized carbons (Fsp3) is 0.538. The maximum atomic E-state index is 13.7. The summed E-state index contributed by atoms with van der Waals surface area (Å²) in [5, 5.41) is 0.544. The molecule has 0 bridgehead atoms. The van der Waals surface area contributed by atoms with Gasteiger partial charge in [0.25, 0.3) is 0 Å². The third-order valence-corrected chi connectivity index (χ3v) is 4.37. The highest BCUT2D eigenvalue weighted by molar-refractivity contribution is 8.00. The summed E-state index contributed by atoms with van der Waals surface area (Å²) >= 11 is 1.77. The first-order valence-electron chi connectivity index (χ1n) is 6.03. The van der Waals surface area contributed by atoms with Gasteiger partial charge >= 0.3 is 0 Å². The number of rotatable bonds is 4. The van der Waals surface area contributed by atoms with Gasteiger partial charge in [0.15, 0.2) is 0 Å². The molecule has 0 unspecified atom stereocenters. The molecule has 1 aliphatic heterocycles. The van der Waals surface area contributed by atoms with Gasteiger partial charge in [-0.2, -0.15) is 0 Å². The lowest BCUT2D eigenvalue weighted by atomic mass is 10.1. The molecule has 0 aromatic heterocycles. The van der Waals surface area contributed by atoms with E-state index in [2.05, 4.69) is 0 Å². The van der Waals surface area contributed by atoms with Gasteiger partial charge in [-0.3, -0.25) is 0 Å². The molecular weight excluding hydrogens is 237 g/mol. The smallest absolute Gasteiger partial charge is 0.127 e. The second kappa shape index (κ2) is 6.38. The quantitative estimate of drug-likeness (QED) is 0.898. The van der Waals surface area contributed by atoms with Gasteiger partial charge in [0.1, 0.15) is 5.82 Å². The molecule has 2 rings (SSSR count). The first-order chi connectivity index (χ1) is 8.31. The van der Waals surface area contributed by atoms with Crippen molar-refractivity contribution in [3.8, 4) is 0 Å². The van der Waals surface area contributed by atoms with Gasteiger partial charge < -0.3 is 10.5 Å². The van der Waals surface area contributed by atoms with Crippen molar-refractivity contribution in [1.29, 1.82) is 0 Å². The minimum absolute atomic E-state index is 0.132. The van der Waals surface area contributed by atoms with E-state index in [0.717, 1.165) is 36.5 Å². The van der Waals surface area contributed by atoms with Crippen LogP contribution in [-0.4, -0.2) is 25.0 Å². The highest BCUT2D eigenvalue weighted by atomic mass is 32.2. The number of thioether (sulfide) groups is 1. The van der Waals surface area contributed by atoms with E-state index >= 15 is 0 Å². The predicted octanol–water partition coefficient (Wildman–Crippen LogP) is 2.60. The highest BCUT2D eigenvalue weighted by Crippen LogP contribution is 2.33. The zero-order valence-corrected chi connectivity index (χ0v) is 10.6. The van der Waals surface area contributed by atoms with E-state index in [0.29, 0.717) is 18.2 Å². The van der Waals surface area contributed by atoms with Crippen molar-refractivity contribution < 1.29 is 9.13 Å². The molecule has 0 radical (unpaired) electrons. The van der Waals surface area contributed by atoms with Crippen LogP contribution in [-0.2, 0) is 11.2 Å². The van der Waals surface area contributed by atoms with Crippen LogP contribution in [0.5, 0.6) is 0 Å². The minimum Gasteiger partial charge on any atom is -0.381 e. The molecule has 1 aromatic carbocycles. The van der Waals surface area contributed by atoms with Crippen molar-refractivity contribution in [3.63, 3.8) is 0 Å². The van der Waals surface area contributed by atoms with Crippen molar-refractivity contribution in [3.05, 3.63) is 29.6 Å². The summed E-state index contributed by atoms with van der Waals surface area (Å²) in [5.41, 5.74) is 6.31. The van der Waals surface area contributed by atoms with E-state index in [4.69, 9.17) is 10.5 Å². The van der Waals surface area contributed by atoms with Crippen molar-refractivity contribution in [2.75, 3.05) is 19.8 Å². The van der Waals surface area contributed by atoms with Crippen molar-refractivity contribution in [1.82, 2.24) is 0 Å². The number of benzene rings is 1. The SMILES string of the molecule is NCCc1c(F)cccc1SC1CCOCC1. The van der Waals surface area contributed by atoms with Crippen LogP contribution in [0.15, 0.2) is 23.1 Å². The molecule has 1 aromatic rings. The third-order valence-electron chi connectivity index (χ3n) is 2.93. The van der Waals surface area contributed by atoms with Crippen LogP contribution in [0, 0.1) is 5.82 Å². The Morgan fingerprint density at radius 2 is 2.12 bits per heavy atom. The van der Waals surface area contributed by atoms with Crippen LogP contribution in [0.2, 0.25) is 0 Å². The molecule has 0 aliphatic carbocycles. The van der Waals surface area contributed by atoms with Crippen LogP contribution < -0.4 is 5.73 Å². The Kier molecular flexibility index (Phi) is 4.83. The normalized spacial score (nSPS) is 17.3. The zero-order chi connectivity index (χ0) is 12.1. The molecule has 2 N–H and O–H groups in total. The van der Waals surface area contributed by atoms with Gasteiger partial charge in [0.05, 0.1) is 0 Å². The standard InChI is InChI=1S/C13H18FNOS/c14-12-2-1-3-13(11(12)4-7-15)17-10-5-8-16-9-6-10/h1-3,10H,4-9,15H2. The molecule has 0 saturated carbocycles. The summed E-state index contributed by atoms with van der Waals surface area (Å²) in [5.74, 6) is -0.132. The molecule has 0 amide bonds. The van der Waals surface area contributed by atoms with E-state index in [1.165, 1.54) is 6.07 Å². The van der Waals surface area contributed by atoms with Crippen molar-refractivity contribution in [2.24, 2.45) is 5.73 Å². The van der Waals surface area contributed by atoms with Gasteiger partial charge in [0, 0.05) is 28.9 Å². The molecule has 94 valence electrons. The predicted molar refractivity (Wildman–Crippen MR) is 68.9 cm³/mol. The lowest BCUT2D eigenvalue weighted by Gasteiger charge is -2.22. The van der Waals surface area contributed by atoms with Crippen LogP contribution in [0.3, 0.4) is 0 Å². The van der Waals surface area contributed by atoms with Crippen LogP contribution in [0.1, 0.15) is 18.4 Å². The van der Waals surface area contributed by atoms with E-state index in [-0.39, 0.29) is 5.82 Å². The highest BCUT2D eigenvalue weighted by Gasteiger charge is 2.17. The molecule has 17 heavy (non-hydrogen) atoms. The monoisotopic (exact) mass is 255 g/mol. The largest absolute Gasteiger partial charge is 0.381 e. The summed E-state index contributed by atoms with van der Waals surface area (Å²) in [6.45, 7) is 2.13. The lowest BCUT2D eigenvalue weighted by molar-refractivity contribution is 0.1000. The van der Waals surface area contributed by atoms with Crippen LogP contribution in [0.4, 0.5) is 4.39 Å². The average Bonchev–Trinajstić information content (AvgIpc) is 2.35. The number of halogens is 1. The average molecular weight is 255 g/mol. The summed E-state index contributed by atoms with van der Waals surface area (Å²) in [4.78, 5) is 1.04. The fourth-order valence-corrected chi connectivity index (χ4v) is 3.30. The van der Waals surface area contributed by atoms with Crippen LogP contribution in [0.25, 0.3) is 0 Å². The van der Waals surface area contributed by atoms with Gasteiger partial charge in [-0.05, 0) is 37.9 Å². The Hall–Kier alpha value is -0.580.